The van der Waals surface area contributed by atoms with Gasteiger partial charge in [0.05, 0.1) is 12.1 Å². The second kappa shape index (κ2) is 10.1. The molecule has 0 fully saturated rings. The Balaban J connectivity index is 1.35. The smallest absolute Gasteiger partial charge is 0.325 e. The first-order chi connectivity index (χ1) is 15.6. The number of nitrogens with zero attached hydrogens (tertiary/aromatic N) is 1. The average Bonchev–Trinajstić information content (AvgIpc) is 3.22. The van der Waals surface area contributed by atoms with Gasteiger partial charge in [-0.2, -0.15) is 0 Å². The largest absolute Gasteiger partial charge is 0.325 e. The molecule has 0 spiro atoms. The fourth-order valence-electron chi connectivity index (χ4n) is 3.06. The van der Waals surface area contributed by atoms with E-state index in [-0.39, 0.29) is 12.3 Å². The number of para-hydroxylation sites is 1. The number of urea groups is 1. The lowest BCUT2D eigenvalue weighted by molar-refractivity contribution is -0.115. The molecule has 0 aliphatic rings. The molecule has 3 N–H and O–H groups in total. The monoisotopic (exact) mass is 462 g/mol. The van der Waals surface area contributed by atoms with Gasteiger partial charge in [0.15, 0.2) is 5.13 Å². The van der Waals surface area contributed by atoms with Crippen molar-refractivity contribution in [2.45, 2.75) is 6.42 Å². The molecule has 1 aromatic heterocycles. The van der Waals surface area contributed by atoms with Gasteiger partial charge in [-0.15, -0.1) is 11.3 Å². The lowest BCUT2D eigenvalue weighted by Crippen LogP contribution is -2.19. The van der Waals surface area contributed by atoms with Crippen LogP contribution >= 0.6 is 22.9 Å². The van der Waals surface area contributed by atoms with E-state index in [1.54, 1.807) is 29.6 Å². The highest BCUT2D eigenvalue weighted by molar-refractivity contribution is 7.14. The summed E-state index contributed by atoms with van der Waals surface area (Å²) in [5.74, 6) is -0.184. The molecular weight excluding hydrogens is 444 g/mol. The predicted octanol–water partition coefficient (Wildman–Crippen LogP) is 6.29. The third-order valence-corrected chi connectivity index (χ3v) is 5.56. The molecule has 160 valence electrons. The Morgan fingerprint density at radius 3 is 2.34 bits per heavy atom. The van der Waals surface area contributed by atoms with E-state index in [0.717, 1.165) is 16.8 Å². The van der Waals surface area contributed by atoms with Crippen molar-refractivity contribution in [1.82, 2.24) is 4.98 Å². The van der Waals surface area contributed by atoms with E-state index in [2.05, 4.69) is 20.9 Å². The average molecular weight is 463 g/mol. The molecule has 0 atom stereocenters. The van der Waals surface area contributed by atoms with Gasteiger partial charge in [0.25, 0.3) is 0 Å². The summed E-state index contributed by atoms with van der Waals surface area (Å²) < 4.78 is 0. The zero-order valence-corrected chi connectivity index (χ0v) is 18.4. The molecule has 0 bridgehead atoms. The van der Waals surface area contributed by atoms with Crippen LogP contribution < -0.4 is 16.0 Å². The number of thiazole rings is 1. The Kier molecular flexibility index (Phi) is 6.79. The molecule has 3 amide bonds. The minimum atomic E-state index is -0.422. The van der Waals surface area contributed by atoms with Crippen LogP contribution in [-0.4, -0.2) is 16.9 Å². The Hall–Kier alpha value is -3.68. The number of rotatable bonds is 6. The highest BCUT2D eigenvalue weighted by atomic mass is 35.5. The zero-order chi connectivity index (χ0) is 22.3. The normalized spacial score (nSPS) is 10.4. The van der Waals surface area contributed by atoms with Crippen molar-refractivity contribution >= 4 is 51.4 Å². The Labute approximate surface area is 194 Å². The molecule has 4 aromatic rings. The first-order valence-electron chi connectivity index (χ1n) is 9.79. The second-order valence-electron chi connectivity index (χ2n) is 6.87. The van der Waals surface area contributed by atoms with E-state index in [0.29, 0.717) is 21.5 Å². The van der Waals surface area contributed by atoms with E-state index in [9.17, 15) is 9.59 Å². The number of benzene rings is 3. The Morgan fingerprint density at radius 2 is 1.56 bits per heavy atom. The molecule has 3 aromatic carbocycles. The van der Waals surface area contributed by atoms with Crippen molar-refractivity contribution in [1.29, 1.82) is 0 Å². The van der Waals surface area contributed by atoms with Crippen LogP contribution in [0.5, 0.6) is 0 Å². The van der Waals surface area contributed by atoms with Crippen molar-refractivity contribution in [3.05, 3.63) is 95.0 Å². The summed E-state index contributed by atoms with van der Waals surface area (Å²) >= 11 is 7.10. The van der Waals surface area contributed by atoms with E-state index in [4.69, 9.17) is 11.6 Å². The van der Waals surface area contributed by atoms with Gasteiger partial charge in [0.1, 0.15) is 0 Å². The first kappa shape index (κ1) is 21.5. The highest BCUT2D eigenvalue weighted by Gasteiger charge is 2.12. The third kappa shape index (κ3) is 5.72. The van der Waals surface area contributed by atoms with Gasteiger partial charge in [-0.25, -0.2) is 9.78 Å². The predicted molar refractivity (Wildman–Crippen MR) is 130 cm³/mol. The van der Waals surface area contributed by atoms with E-state index < -0.39 is 6.03 Å². The SMILES string of the molecule is O=C(Cc1csc(NC(=O)Nc2ccc(Cl)cc2)n1)Nc1ccccc1-c1ccccc1. The second-order valence-corrected chi connectivity index (χ2v) is 8.16. The molecule has 6 nitrogen and oxygen atoms in total. The van der Waals surface area contributed by atoms with Crippen LogP contribution in [0.25, 0.3) is 11.1 Å². The van der Waals surface area contributed by atoms with Gasteiger partial charge in [-0.05, 0) is 35.9 Å². The molecule has 0 saturated heterocycles. The van der Waals surface area contributed by atoms with Crippen molar-refractivity contribution in [2.24, 2.45) is 0 Å². The number of carbonyl (C=O) groups excluding carboxylic acids is 2. The molecule has 0 radical (unpaired) electrons. The maximum atomic E-state index is 12.6. The first-order valence-corrected chi connectivity index (χ1v) is 11.0. The van der Waals surface area contributed by atoms with Crippen LogP contribution in [0.15, 0.2) is 84.2 Å². The number of halogens is 1. The van der Waals surface area contributed by atoms with Gasteiger partial charge in [0.2, 0.25) is 5.91 Å². The molecular formula is C24H19ClN4O2S. The van der Waals surface area contributed by atoms with E-state index in [1.165, 1.54) is 11.3 Å². The van der Waals surface area contributed by atoms with Crippen LogP contribution in [-0.2, 0) is 11.2 Å². The number of hydrogen-bond acceptors (Lipinski definition) is 4. The zero-order valence-electron chi connectivity index (χ0n) is 16.8. The maximum Gasteiger partial charge on any atom is 0.325 e. The van der Waals surface area contributed by atoms with Crippen LogP contribution in [0.4, 0.5) is 21.3 Å². The summed E-state index contributed by atoms with van der Waals surface area (Å²) in [6, 6.07) is 23.9. The van der Waals surface area contributed by atoms with Crippen molar-refractivity contribution in [2.75, 3.05) is 16.0 Å². The maximum absolute atomic E-state index is 12.6. The summed E-state index contributed by atoms with van der Waals surface area (Å²) in [6.45, 7) is 0. The van der Waals surface area contributed by atoms with Crippen LogP contribution in [0.3, 0.4) is 0 Å². The molecule has 8 heteroatoms. The summed E-state index contributed by atoms with van der Waals surface area (Å²) in [4.78, 5) is 29.1. The molecule has 4 rings (SSSR count). The number of aromatic nitrogens is 1. The van der Waals surface area contributed by atoms with Crippen molar-refractivity contribution < 1.29 is 9.59 Å². The minimum absolute atomic E-state index is 0.0973. The Bertz CT molecular complexity index is 1230. The summed E-state index contributed by atoms with van der Waals surface area (Å²) in [7, 11) is 0. The molecule has 1 heterocycles. The lowest BCUT2D eigenvalue weighted by atomic mass is 10.0. The van der Waals surface area contributed by atoms with Gasteiger partial charge >= 0.3 is 6.03 Å². The van der Waals surface area contributed by atoms with Gasteiger partial charge < -0.3 is 10.6 Å². The van der Waals surface area contributed by atoms with Crippen LogP contribution in [0.1, 0.15) is 5.69 Å². The van der Waals surface area contributed by atoms with E-state index >= 15 is 0 Å². The highest BCUT2D eigenvalue weighted by Crippen LogP contribution is 2.27. The van der Waals surface area contributed by atoms with Crippen LogP contribution in [0, 0.1) is 0 Å². The minimum Gasteiger partial charge on any atom is -0.325 e. The fourth-order valence-corrected chi connectivity index (χ4v) is 3.89. The van der Waals surface area contributed by atoms with Crippen LogP contribution in [0.2, 0.25) is 5.02 Å². The quantitative estimate of drug-likeness (QED) is 0.315. The van der Waals surface area contributed by atoms with Gasteiger partial charge in [0, 0.05) is 27.3 Å². The number of nitrogens with one attached hydrogen (secondary N) is 3. The molecule has 0 aliphatic heterocycles. The number of hydrogen-bond donors (Lipinski definition) is 3. The summed E-state index contributed by atoms with van der Waals surface area (Å²) in [6.07, 6.45) is 0.0973. The topological polar surface area (TPSA) is 83.1 Å². The molecule has 0 aliphatic carbocycles. The lowest BCUT2D eigenvalue weighted by Gasteiger charge is -2.11. The van der Waals surface area contributed by atoms with E-state index in [1.807, 2.05) is 54.6 Å². The fraction of sp³-hybridized carbons (Fsp3) is 0.0417. The summed E-state index contributed by atoms with van der Waals surface area (Å²) in [5.41, 5.74) is 3.89. The third-order valence-electron chi connectivity index (χ3n) is 4.50. The van der Waals surface area contributed by atoms with Gasteiger partial charge in [-0.1, -0.05) is 60.1 Å². The molecule has 0 unspecified atom stereocenters. The standard InChI is InChI=1S/C24H19ClN4O2S/c25-17-10-12-18(13-11-17)26-23(31)29-24-27-19(15-32-24)14-22(30)28-21-9-5-4-8-20(21)16-6-2-1-3-7-16/h1-13,15H,14H2,(H,28,30)(H2,26,27,29,31). The summed E-state index contributed by atoms with van der Waals surface area (Å²) in [5, 5.41) is 11.1. The number of carbonyl (C=O) groups is 2. The number of anilines is 3. The molecule has 0 saturated carbocycles. The van der Waals surface area contributed by atoms with Crippen molar-refractivity contribution in [3.63, 3.8) is 0 Å². The molecule has 32 heavy (non-hydrogen) atoms. The van der Waals surface area contributed by atoms with Crippen molar-refractivity contribution in [3.8, 4) is 11.1 Å². The van der Waals surface area contributed by atoms with Gasteiger partial charge in [-0.3, -0.25) is 10.1 Å². The number of amides is 3. The Morgan fingerprint density at radius 1 is 0.844 bits per heavy atom.